The maximum atomic E-state index is 11.8. The molecule has 0 saturated carbocycles. The van der Waals surface area contributed by atoms with Crippen LogP contribution >= 0.6 is 0 Å². The van der Waals surface area contributed by atoms with Gasteiger partial charge in [-0.15, -0.1) is 0 Å². The molecular weight excluding hydrogens is 240 g/mol. The highest BCUT2D eigenvalue weighted by molar-refractivity contribution is 6.02. The van der Waals surface area contributed by atoms with Gasteiger partial charge in [-0.3, -0.25) is 9.78 Å². The lowest BCUT2D eigenvalue weighted by Crippen LogP contribution is -2.19. The number of aromatic nitrogens is 2. The van der Waals surface area contributed by atoms with Gasteiger partial charge in [0.15, 0.2) is 0 Å². The Balaban J connectivity index is 2.13. The van der Waals surface area contributed by atoms with Gasteiger partial charge in [-0.2, -0.15) is 5.10 Å². The Morgan fingerprint density at radius 2 is 2.00 bits per heavy atom. The minimum atomic E-state index is -0.243. The van der Waals surface area contributed by atoms with E-state index in [0.29, 0.717) is 5.56 Å². The first-order valence-corrected chi connectivity index (χ1v) is 5.99. The average Bonchev–Trinajstić information content (AvgIpc) is 2.76. The van der Waals surface area contributed by atoms with Gasteiger partial charge >= 0.3 is 0 Å². The zero-order valence-electron chi connectivity index (χ0n) is 11.2. The number of hydrogen-bond donors (Lipinski definition) is 2. The molecule has 1 amide bonds. The van der Waals surface area contributed by atoms with Gasteiger partial charge < -0.3 is 4.98 Å². The van der Waals surface area contributed by atoms with Crippen molar-refractivity contribution in [1.29, 1.82) is 0 Å². The smallest absolute Gasteiger partial charge is 0.271 e. The van der Waals surface area contributed by atoms with Crippen molar-refractivity contribution >= 4 is 11.6 Å². The van der Waals surface area contributed by atoms with Crippen LogP contribution in [0.25, 0.3) is 0 Å². The van der Waals surface area contributed by atoms with Crippen molar-refractivity contribution in [3.05, 3.63) is 53.1 Å². The number of nitrogens with zero attached hydrogens (tertiary/aromatic N) is 2. The van der Waals surface area contributed by atoms with Crippen molar-refractivity contribution in [2.75, 3.05) is 0 Å². The highest BCUT2D eigenvalue weighted by atomic mass is 16.2. The third-order valence-corrected chi connectivity index (χ3v) is 2.90. The Morgan fingerprint density at radius 1 is 1.32 bits per heavy atom. The van der Waals surface area contributed by atoms with Crippen LogP contribution < -0.4 is 5.43 Å². The van der Waals surface area contributed by atoms with Crippen LogP contribution in [0.2, 0.25) is 0 Å². The van der Waals surface area contributed by atoms with Crippen LogP contribution in [0, 0.1) is 13.8 Å². The van der Waals surface area contributed by atoms with Crippen LogP contribution in [0.4, 0.5) is 0 Å². The molecule has 0 bridgehead atoms. The van der Waals surface area contributed by atoms with E-state index in [9.17, 15) is 4.79 Å². The Kier molecular flexibility index (Phi) is 3.75. The second-order valence-corrected chi connectivity index (χ2v) is 4.35. The van der Waals surface area contributed by atoms with Crippen molar-refractivity contribution in [2.24, 2.45) is 5.10 Å². The van der Waals surface area contributed by atoms with E-state index in [4.69, 9.17) is 0 Å². The first-order chi connectivity index (χ1) is 9.09. The maximum Gasteiger partial charge on any atom is 0.271 e. The second kappa shape index (κ2) is 5.48. The van der Waals surface area contributed by atoms with Crippen molar-refractivity contribution in [3.8, 4) is 0 Å². The SMILES string of the molecule is CC(=NNC(=O)c1ccncc1)c1c(C)c[nH]c1C. The molecule has 0 spiro atoms. The van der Waals surface area contributed by atoms with Crippen LogP contribution in [-0.2, 0) is 0 Å². The Hall–Kier alpha value is -2.43. The number of amides is 1. The predicted octanol–water partition coefficient (Wildman–Crippen LogP) is 2.18. The molecule has 2 aromatic heterocycles. The summed E-state index contributed by atoms with van der Waals surface area (Å²) in [4.78, 5) is 18.8. The van der Waals surface area contributed by atoms with Crippen LogP contribution in [0.15, 0.2) is 35.8 Å². The molecule has 19 heavy (non-hydrogen) atoms. The van der Waals surface area contributed by atoms with E-state index in [1.807, 2.05) is 27.0 Å². The maximum absolute atomic E-state index is 11.8. The van der Waals surface area contributed by atoms with Gasteiger partial charge in [-0.05, 0) is 38.5 Å². The molecule has 0 atom stereocenters. The topological polar surface area (TPSA) is 70.1 Å². The second-order valence-electron chi connectivity index (χ2n) is 4.35. The van der Waals surface area contributed by atoms with Gasteiger partial charge in [0.1, 0.15) is 0 Å². The summed E-state index contributed by atoms with van der Waals surface area (Å²) < 4.78 is 0. The van der Waals surface area contributed by atoms with E-state index in [2.05, 4.69) is 20.5 Å². The van der Waals surface area contributed by atoms with Crippen LogP contribution in [0.5, 0.6) is 0 Å². The summed E-state index contributed by atoms with van der Waals surface area (Å²) >= 11 is 0. The molecule has 2 rings (SSSR count). The zero-order chi connectivity index (χ0) is 13.8. The molecule has 0 radical (unpaired) electrons. The average molecular weight is 256 g/mol. The molecule has 98 valence electrons. The molecule has 0 aromatic carbocycles. The lowest BCUT2D eigenvalue weighted by molar-refractivity contribution is 0.0954. The summed E-state index contributed by atoms with van der Waals surface area (Å²) in [6, 6.07) is 3.29. The number of aryl methyl sites for hydroxylation is 2. The first-order valence-electron chi connectivity index (χ1n) is 5.99. The summed E-state index contributed by atoms with van der Waals surface area (Å²) in [7, 11) is 0. The predicted molar refractivity (Wildman–Crippen MR) is 74.2 cm³/mol. The number of aromatic amines is 1. The molecular formula is C14H16N4O. The molecule has 2 aromatic rings. The largest absolute Gasteiger partial charge is 0.364 e. The van der Waals surface area contributed by atoms with Gasteiger partial charge in [0.05, 0.1) is 5.71 Å². The van der Waals surface area contributed by atoms with E-state index in [1.165, 1.54) is 0 Å². The van der Waals surface area contributed by atoms with Crippen LogP contribution in [0.3, 0.4) is 0 Å². The Labute approximate surface area is 111 Å². The van der Waals surface area contributed by atoms with Gasteiger partial charge in [-0.1, -0.05) is 0 Å². The monoisotopic (exact) mass is 256 g/mol. The fourth-order valence-electron chi connectivity index (χ4n) is 1.97. The van der Waals surface area contributed by atoms with Crippen molar-refractivity contribution in [2.45, 2.75) is 20.8 Å². The fourth-order valence-corrected chi connectivity index (χ4v) is 1.97. The molecule has 0 aliphatic heterocycles. The highest BCUT2D eigenvalue weighted by Gasteiger charge is 2.09. The van der Waals surface area contributed by atoms with Crippen LogP contribution in [-0.4, -0.2) is 21.6 Å². The third kappa shape index (κ3) is 2.88. The molecule has 2 heterocycles. The highest BCUT2D eigenvalue weighted by Crippen LogP contribution is 2.13. The molecule has 0 unspecified atom stereocenters. The number of carbonyl (C=O) groups excluding carboxylic acids is 1. The van der Waals surface area contributed by atoms with Gasteiger partial charge in [-0.25, -0.2) is 5.43 Å². The quantitative estimate of drug-likeness (QED) is 0.652. The number of carbonyl (C=O) groups is 1. The minimum absolute atomic E-state index is 0.243. The molecule has 0 saturated heterocycles. The lowest BCUT2D eigenvalue weighted by atomic mass is 10.1. The van der Waals surface area contributed by atoms with E-state index in [1.54, 1.807) is 24.5 Å². The van der Waals surface area contributed by atoms with Crippen molar-refractivity contribution in [3.63, 3.8) is 0 Å². The van der Waals surface area contributed by atoms with Crippen molar-refractivity contribution < 1.29 is 4.79 Å². The number of rotatable bonds is 3. The lowest BCUT2D eigenvalue weighted by Gasteiger charge is -2.03. The number of H-pyrrole nitrogens is 1. The normalized spacial score (nSPS) is 11.4. The minimum Gasteiger partial charge on any atom is -0.364 e. The van der Waals surface area contributed by atoms with Crippen LogP contribution in [0.1, 0.15) is 34.1 Å². The summed E-state index contributed by atoms with van der Waals surface area (Å²) in [5, 5.41) is 4.14. The molecule has 0 fully saturated rings. The summed E-state index contributed by atoms with van der Waals surface area (Å²) in [6.45, 7) is 5.85. The summed E-state index contributed by atoms with van der Waals surface area (Å²) in [5.74, 6) is -0.243. The van der Waals surface area contributed by atoms with E-state index < -0.39 is 0 Å². The number of pyridine rings is 1. The van der Waals surface area contributed by atoms with Gasteiger partial charge in [0, 0.05) is 35.4 Å². The Morgan fingerprint density at radius 3 is 2.58 bits per heavy atom. The van der Waals surface area contributed by atoms with Crippen molar-refractivity contribution in [1.82, 2.24) is 15.4 Å². The Bertz CT molecular complexity index is 594. The first kappa shape index (κ1) is 13.0. The van der Waals surface area contributed by atoms with Gasteiger partial charge in [0.2, 0.25) is 0 Å². The molecule has 5 heteroatoms. The summed E-state index contributed by atoms with van der Waals surface area (Å²) in [5.41, 5.74) is 7.05. The molecule has 0 aliphatic rings. The summed E-state index contributed by atoms with van der Waals surface area (Å²) in [6.07, 6.45) is 5.08. The zero-order valence-corrected chi connectivity index (χ0v) is 11.2. The van der Waals surface area contributed by atoms with E-state index in [-0.39, 0.29) is 5.91 Å². The van der Waals surface area contributed by atoms with E-state index in [0.717, 1.165) is 22.5 Å². The fraction of sp³-hybridized carbons (Fsp3) is 0.214. The number of hydrogen-bond acceptors (Lipinski definition) is 3. The van der Waals surface area contributed by atoms with Gasteiger partial charge in [0.25, 0.3) is 5.91 Å². The molecule has 5 nitrogen and oxygen atoms in total. The number of hydrazone groups is 1. The van der Waals surface area contributed by atoms with E-state index >= 15 is 0 Å². The molecule has 2 N–H and O–H groups in total. The molecule has 0 aliphatic carbocycles. The third-order valence-electron chi connectivity index (χ3n) is 2.90. The number of nitrogens with one attached hydrogen (secondary N) is 2. The standard InChI is InChI=1S/C14H16N4O/c1-9-8-16-10(2)13(9)11(3)17-18-14(19)12-4-6-15-7-5-12/h4-8,16H,1-3H3,(H,18,19).